The molecule has 0 saturated carbocycles. The van der Waals surface area contributed by atoms with Crippen LogP contribution in [0.4, 0.5) is 0 Å². The van der Waals surface area contributed by atoms with Crippen molar-refractivity contribution in [2.75, 3.05) is 7.11 Å². The lowest BCUT2D eigenvalue weighted by Crippen LogP contribution is -1.97. The van der Waals surface area contributed by atoms with Gasteiger partial charge >= 0.3 is 5.97 Å². The first-order valence-corrected chi connectivity index (χ1v) is 5.32. The van der Waals surface area contributed by atoms with E-state index in [-0.39, 0.29) is 5.97 Å². The van der Waals surface area contributed by atoms with E-state index in [9.17, 15) is 4.79 Å². The van der Waals surface area contributed by atoms with Crippen molar-refractivity contribution in [3.8, 4) is 23.7 Å². The summed E-state index contributed by atoms with van der Waals surface area (Å²) in [6, 6.07) is 0. The molecule has 0 radical (unpaired) electrons. The van der Waals surface area contributed by atoms with Crippen LogP contribution in [0, 0.1) is 23.7 Å². The second-order valence-corrected chi connectivity index (χ2v) is 2.94. The van der Waals surface area contributed by atoms with Gasteiger partial charge in [-0.15, -0.1) is 0 Å². The summed E-state index contributed by atoms with van der Waals surface area (Å²) < 4.78 is 4.51. The van der Waals surface area contributed by atoms with Gasteiger partial charge in [-0.25, -0.2) is 0 Å². The number of methoxy groups -OCH3 is 1. The maximum Gasteiger partial charge on any atom is 0.305 e. The van der Waals surface area contributed by atoms with Crippen molar-refractivity contribution in [1.82, 2.24) is 0 Å². The highest BCUT2D eigenvalue weighted by molar-refractivity contribution is 5.69. The first-order chi connectivity index (χ1) is 8.31. The van der Waals surface area contributed by atoms with Gasteiger partial charge in [0.15, 0.2) is 0 Å². The summed E-state index contributed by atoms with van der Waals surface area (Å²) in [6.07, 6.45) is 11.9. The fourth-order valence-electron chi connectivity index (χ4n) is 0.821. The SMILES string of the molecule is CC=CC#CC#CC=CC=CCCC(=O)OC. The number of rotatable bonds is 4. The second kappa shape index (κ2) is 11.9. The summed E-state index contributed by atoms with van der Waals surface area (Å²) in [5.41, 5.74) is 0. The molecule has 0 amide bonds. The summed E-state index contributed by atoms with van der Waals surface area (Å²) >= 11 is 0. The minimum Gasteiger partial charge on any atom is -0.469 e. The van der Waals surface area contributed by atoms with Crippen LogP contribution in [0.25, 0.3) is 0 Å². The third kappa shape index (κ3) is 11.7. The van der Waals surface area contributed by atoms with E-state index < -0.39 is 0 Å². The average Bonchev–Trinajstić information content (AvgIpc) is 2.35. The number of hydrogen-bond donors (Lipinski definition) is 0. The minimum absolute atomic E-state index is 0.197. The number of hydrogen-bond acceptors (Lipinski definition) is 2. The summed E-state index contributed by atoms with van der Waals surface area (Å²) in [7, 11) is 1.39. The van der Waals surface area contributed by atoms with E-state index >= 15 is 0 Å². The van der Waals surface area contributed by atoms with Crippen LogP contribution in [0.1, 0.15) is 19.8 Å². The Morgan fingerprint density at radius 2 is 1.88 bits per heavy atom. The largest absolute Gasteiger partial charge is 0.469 e. The van der Waals surface area contributed by atoms with Gasteiger partial charge in [-0.1, -0.05) is 36.1 Å². The third-order valence-corrected chi connectivity index (χ3v) is 1.63. The molecule has 0 rings (SSSR count). The van der Waals surface area contributed by atoms with Gasteiger partial charge < -0.3 is 4.74 Å². The zero-order valence-electron chi connectivity index (χ0n) is 10.2. The Balaban J connectivity index is 3.78. The standard InChI is InChI=1S/C15H16O2/c1-3-4-5-6-7-8-9-10-11-12-13-14-15(16)17-2/h3-4,9-12H,13-14H2,1-2H3. The summed E-state index contributed by atoms with van der Waals surface area (Å²) in [6.45, 7) is 1.90. The predicted octanol–water partition coefficient (Wildman–Crippen LogP) is 2.63. The Morgan fingerprint density at radius 3 is 2.53 bits per heavy atom. The molecule has 2 heteroatoms. The molecule has 0 N–H and O–H groups in total. The van der Waals surface area contributed by atoms with Gasteiger partial charge in [0.25, 0.3) is 0 Å². The third-order valence-electron chi connectivity index (χ3n) is 1.63. The Kier molecular flexibility index (Phi) is 10.4. The molecule has 0 bridgehead atoms. The average molecular weight is 228 g/mol. The van der Waals surface area contributed by atoms with Crippen LogP contribution in [0.5, 0.6) is 0 Å². The van der Waals surface area contributed by atoms with Crippen LogP contribution in [-0.4, -0.2) is 13.1 Å². The van der Waals surface area contributed by atoms with E-state index in [0.29, 0.717) is 12.8 Å². The molecule has 88 valence electrons. The van der Waals surface area contributed by atoms with E-state index in [4.69, 9.17) is 0 Å². The van der Waals surface area contributed by atoms with Gasteiger partial charge in [-0.3, -0.25) is 4.79 Å². The zero-order valence-corrected chi connectivity index (χ0v) is 10.2. The van der Waals surface area contributed by atoms with Crippen LogP contribution < -0.4 is 0 Å². The Hall–Kier alpha value is -2.19. The smallest absolute Gasteiger partial charge is 0.305 e. The highest BCUT2D eigenvalue weighted by Crippen LogP contribution is 1.93. The van der Waals surface area contributed by atoms with Crippen LogP contribution in [-0.2, 0) is 9.53 Å². The van der Waals surface area contributed by atoms with Gasteiger partial charge in [0, 0.05) is 6.42 Å². The molecule has 2 nitrogen and oxygen atoms in total. The Morgan fingerprint density at radius 1 is 1.18 bits per heavy atom. The van der Waals surface area contributed by atoms with Crippen LogP contribution in [0.2, 0.25) is 0 Å². The molecule has 0 aliphatic carbocycles. The Bertz CT molecular complexity index is 417. The fourth-order valence-corrected chi connectivity index (χ4v) is 0.821. The molecule has 0 heterocycles. The van der Waals surface area contributed by atoms with Crippen molar-refractivity contribution in [3.05, 3.63) is 36.5 Å². The summed E-state index contributed by atoms with van der Waals surface area (Å²) in [4.78, 5) is 10.8. The van der Waals surface area contributed by atoms with Crippen molar-refractivity contribution in [1.29, 1.82) is 0 Å². The lowest BCUT2D eigenvalue weighted by molar-refractivity contribution is -0.140. The summed E-state index contributed by atoms with van der Waals surface area (Å²) in [5, 5.41) is 0. The number of ether oxygens (including phenoxy) is 1. The fraction of sp³-hybridized carbons (Fsp3) is 0.267. The topological polar surface area (TPSA) is 26.3 Å². The number of carbonyl (C=O) groups excluding carboxylic acids is 1. The van der Waals surface area contributed by atoms with Crippen molar-refractivity contribution in [2.45, 2.75) is 19.8 Å². The minimum atomic E-state index is -0.197. The maximum atomic E-state index is 10.8. The van der Waals surface area contributed by atoms with E-state index in [2.05, 4.69) is 28.4 Å². The lowest BCUT2D eigenvalue weighted by atomic mass is 10.3. The predicted molar refractivity (Wildman–Crippen MR) is 69.9 cm³/mol. The zero-order chi connectivity index (χ0) is 12.8. The molecular formula is C15H16O2. The molecule has 0 aliphatic rings. The van der Waals surface area contributed by atoms with Crippen LogP contribution >= 0.6 is 0 Å². The molecule has 0 unspecified atom stereocenters. The highest BCUT2D eigenvalue weighted by atomic mass is 16.5. The molecule has 0 fully saturated rings. The van der Waals surface area contributed by atoms with Gasteiger partial charge in [0.05, 0.1) is 7.11 Å². The molecule has 0 saturated heterocycles. The van der Waals surface area contributed by atoms with Crippen molar-refractivity contribution < 1.29 is 9.53 Å². The van der Waals surface area contributed by atoms with E-state index in [1.54, 1.807) is 12.2 Å². The highest BCUT2D eigenvalue weighted by Gasteiger charge is 1.94. The van der Waals surface area contributed by atoms with Crippen molar-refractivity contribution >= 4 is 5.97 Å². The van der Waals surface area contributed by atoms with Crippen molar-refractivity contribution in [2.24, 2.45) is 0 Å². The van der Waals surface area contributed by atoms with E-state index in [0.717, 1.165) is 0 Å². The molecule has 0 aromatic rings. The van der Waals surface area contributed by atoms with Gasteiger partial charge in [-0.2, -0.15) is 0 Å². The summed E-state index contributed by atoms with van der Waals surface area (Å²) in [5.74, 6) is 10.7. The van der Waals surface area contributed by atoms with E-state index in [1.807, 2.05) is 31.2 Å². The maximum absolute atomic E-state index is 10.8. The molecule has 0 aliphatic heterocycles. The lowest BCUT2D eigenvalue weighted by Gasteiger charge is -1.92. The number of carbonyl (C=O) groups is 1. The van der Waals surface area contributed by atoms with Crippen molar-refractivity contribution in [3.63, 3.8) is 0 Å². The van der Waals surface area contributed by atoms with Gasteiger partial charge in [-0.05, 0) is 37.3 Å². The number of esters is 1. The van der Waals surface area contributed by atoms with Gasteiger partial charge in [0.2, 0.25) is 0 Å². The quantitative estimate of drug-likeness (QED) is 0.420. The molecule has 0 aromatic carbocycles. The molecule has 0 spiro atoms. The van der Waals surface area contributed by atoms with E-state index in [1.165, 1.54) is 7.11 Å². The Labute approximate surface area is 103 Å². The molecule has 0 atom stereocenters. The first-order valence-electron chi connectivity index (χ1n) is 5.32. The van der Waals surface area contributed by atoms with Gasteiger partial charge in [0.1, 0.15) is 0 Å². The monoisotopic (exact) mass is 228 g/mol. The second-order valence-electron chi connectivity index (χ2n) is 2.94. The van der Waals surface area contributed by atoms with Crippen LogP contribution in [0.3, 0.4) is 0 Å². The molecule has 17 heavy (non-hydrogen) atoms. The molecular weight excluding hydrogens is 212 g/mol. The first kappa shape index (κ1) is 14.8. The molecule has 0 aromatic heterocycles. The normalized spacial score (nSPS) is 10.0. The van der Waals surface area contributed by atoms with Crippen LogP contribution in [0.15, 0.2) is 36.5 Å². The number of allylic oxidation sites excluding steroid dienone is 6.